The van der Waals surface area contributed by atoms with Gasteiger partial charge in [0.15, 0.2) is 4.80 Å². The smallest absolute Gasteiger partial charge is 0.338 e. The molecule has 0 amide bonds. The van der Waals surface area contributed by atoms with Crippen molar-refractivity contribution in [3.8, 4) is 5.75 Å². The highest BCUT2D eigenvalue weighted by Crippen LogP contribution is 2.31. The maximum absolute atomic E-state index is 13.5. The Morgan fingerprint density at radius 3 is 2.47 bits per heavy atom. The van der Waals surface area contributed by atoms with Crippen LogP contribution in [-0.2, 0) is 9.53 Å². The van der Waals surface area contributed by atoms with E-state index < -0.39 is 12.0 Å². The molecular weight excluding hydrogens is 448 g/mol. The van der Waals surface area contributed by atoms with E-state index in [0.29, 0.717) is 26.4 Å². The molecule has 6 nitrogen and oxygen atoms in total. The molecule has 2 heterocycles. The van der Waals surface area contributed by atoms with Crippen LogP contribution in [0.1, 0.15) is 37.9 Å². The zero-order valence-corrected chi connectivity index (χ0v) is 20.3. The van der Waals surface area contributed by atoms with Crippen LogP contribution >= 0.6 is 11.3 Å². The normalized spacial score (nSPS) is 16.0. The number of carbonyl (C=O) groups is 1. The number of benzene rings is 2. The van der Waals surface area contributed by atoms with Gasteiger partial charge in [0.05, 0.1) is 35.1 Å². The van der Waals surface area contributed by atoms with Crippen molar-refractivity contribution in [2.24, 2.45) is 4.99 Å². The summed E-state index contributed by atoms with van der Waals surface area (Å²) in [4.78, 5) is 31.7. The molecule has 0 saturated carbocycles. The van der Waals surface area contributed by atoms with E-state index in [9.17, 15) is 9.59 Å². The Bertz CT molecular complexity index is 1430. The van der Waals surface area contributed by atoms with Gasteiger partial charge in [-0.1, -0.05) is 66.0 Å². The van der Waals surface area contributed by atoms with Crippen molar-refractivity contribution >= 4 is 29.5 Å². The summed E-state index contributed by atoms with van der Waals surface area (Å²) in [5.74, 6) is 0.213. The van der Waals surface area contributed by atoms with Gasteiger partial charge in [0.2, 0.25) is 0 Å². The quantitative estimate of drug-likeness (QED) is 0.509. The maximum Gasteiger partial charge on any atom is 0.338 e. The first kappa shape index (κ1) is 23.4. The minimum atomic E-state index is -0.645. The molecule has 174 valence electrons. The molecule has 7 heteroatoms. The molecular formula is C27H26N2O4S. The van der Waals surface area contributed by atoms with Gasteiger partial charge in [-0.15, -0.1) is 0 Å². The van der Waals surface area contributed by atoms with Crippen molar-refractivity contribution in [2.45, 2.75) is 32.9 Å². The number of nitrogens with zero attached hydrogens (tertiary/aromatic N) is 2. The van der Waals surface area contributed by atoms with E-state index in [2.05, 4.69) is 4.99 Å². The van der Waals surface area contributed by atoms with Gasteiger partial charge in [-0.05, 0) is 50.1 Å². The van der Waals surface area contributed by atoms with Crippen LogP contribution in [0.15, 0.2) is 81.7 Å². The third-order valence-corrected chi connectivity index (χ3v) is 6.35. The average Bonchev–Trinajstić information content (AvgIpc) is 3.13. The summed E-state index contributed by atoms with van der Waals surface area (Å²) >= 11 is 1.30. The standard InChI is InChI=1S/C27H26N2O4S/c1-17(2)33-26(31)23-18(3)28-27-29(24(23)20-13-15-21(32-4)16-14-20)25(30)22(34-27)12-8-11-19-9-6-5-7-10-19/h5-17,24H,1-4H3/b11-8+,22-12-/t24-/m1/s1. The zero-order chi connectivity index (χ0) is 24.2. The SMILES string of the molecule is COc1ccc([C@@H]2C(C(=O)OC(C)C)=C(C)N=c3s/c(=C\C=C\c4ccccc4)c(=O)n32)cc1. The zero-order valence-electron chi connectivity index (χ0n) is 19.5. The molecule has 0 fully saturated rings. The maximum atomic E-state index is 13.5. The molecule has 1 aliphatic rings. The molecule has 0 radical (unpaired) electrons. The second-order valence-corrected chi connectivity index (χ2v) is 9.11. The van der Waals surface area contributed by atoms with Gasteiger partial charge < -0.3 is 9.47 Å². The Labute approximate surface area is 201 Å². The Morgan fingerprint density at radius 2 is 1.82 bits per heavy atom. The molecule has 1 aliphatic heterocycles. The van der Waals surface area contributed by atoms with Gasteiger partial charge in [0, 0.05) is 0 Å². The van der Waals surface area contributed by atoms with Crippen LogP contribution in [0.4, 0.5) is 0 Å². The number of carbonyl (C=O) groups excluding carboxylic acids is 1. The van der Waals surface area contributed by atoms with Crippen molar-refractivity contribution in [3.63, 3.8) is 0 Å². The molecule has 1 aromatic heterocycles. The number of allylic oxidation sites excluding steroid dienone is 2. The van der Waals surface area contributed by atoms with Crippen LogP contribution in [-0.4, -0.2) is 23.8 Å². The summed E-state index contributed by atoms with van der Waals surface area (Å²) < 4.78 is 12.9. The molecule has 0 aliphatic carbocycles. The lowest BCUT2D eigenvalue weighted by atomic mass is 9.96. The van der Waals surface area contributed by atoms with E-state index in [1.807, 2.05) is 66.7 Å². The second kappa shape index (κ2) is 10.1. The molecule has 0 bridgehead atoms. The highest BCUT2D eigenvalue weighted by atomic mass is 32.1. The van der Waals surface area contributed by atoms with E-state index in [1.54, 1.807) is 38.5 Å². The number of aromatic nitrogens is 1. The van der Waals surface area contributed by atoms with E-state index in [4.69, 9.17) is 9.47 Å². The van der Waals surface area contributed by atoms with Crippen LogP contribution < -0.4 is 19.6 Å². The summed E-state index contributed by atoms with van der Waals surface area (Å²) in [6, 6.07) is 16.6. The number of hydrogen-bond acceptors (Lipinski definition) is 6. The van der Waals surface area contributed by atoms with Crippen LogP contribution in [0.3, 0.4) is 0 Å². The fourth-order valence-electron chi connectivity index (χ4n) is 3.79. The minimum Gasteiger partial charge on any atom is -0.497 e. The third kappa shape index (κ3) is 4.79. The van der Waals surface area contributed by atoms with Gasteiger partial charge in [-0.25, -0.2) is 9.79 Å². The monoisotopic (exact) mass is 474 g/mol. The summed E-state index contributed by atoms with van der Waals surface area (Å²) in [6.07, 6.45) is 5.28. The predicted molar refractivity (Wildman–Crippen MR) is 134 cm³/mol. The van der Waals surface area contributed by atoms with Crippen LogP contribution in [0.5, 0.6) is 5.75 Å². The molecule has 0 unspecified atom stereocenters. The molecule has 0 N–H and O–H groups in total. The van der Waals surface area contributed by atoms with Crippen molar-refractivity contribution in [1.82, 2.24) is 4.57 Å². The van der Waals surface area contributed by atoms with Crippen molar-refractivity contribution in [3.05, 3.63) is 103 Å². The number of rotatable bonds is 6. The van der Waals surface area contributed by atoms with Crippen LogP contribution in [0, 0.1) is 0 Å². The van der Waals surface area contributed by atoms with Gasteiger partial charge in [0.1, 0.15) is 5.75 Å². The first-order valence-electron chi connectivity index (χ1n) is 11.0. The Morgan fingerprint density at radius 1 is 1.12 bits per heavy atom. The largest absolute Gasteiger partial charge is 0.497 e. The lowest BCUT2D eigenvalue weighted by Crippen LogP contribution is -2.40. The first-order valence-corrected chi connectivity index (χ1v) is 11.8. The molecule has 1 atom stereocenters. The van der Waals surface area contributed by atoms with E-state index >= 15 is 0 Å². The van der Waals surface area contributed by atoms with Gasteiger partial charge in [-0.2, -0.15) is 0 Å². The fraction of sp³-hybridized carbons (Fsp3) is 0.222. The first-order chi connectivity index (χ1) is 16.4. The highest BCUT2D eigenvalue weighted by molar-refractivity contribution is 7.07. The molecule has 0 spiro atoms. The summed E-state index contributed by atoms with van der Waals surface area (Å²) in [7, 11) is 1.59. The minimum absolute atomic E-state index is 0.204. The summed E-state index contributed by atoms with van der Waals surface area (Å²) in [5.41, 5.74) is 2.51. The number of fused-ring (bicyclic) bond motifs is 1. The predicted octanol–water partition coefficient (Wildman–Crippen LogP) is 3.86. The number of ether oxygens (including phenoxy) is 2. The lowest BCUT2D eigenvalue weighted by Gasteiger charge is -2.25. The Kier molecular flexibility index (Phi) is 6.93. The second-order valence-electron chi connectivity index (χ2n) is 8.10. The van der Waals surface area contributed by atoms with Crippen molar-refractivity contribution < 1.29 is 14.3 Å². The van der Waals surface area contributed by atoms with Gasteiger partial charge in [0.25, 0.3) is 5.56 Å². The van der Waals surface area contributed by atoms with Crippen LogP contribution in [0.2, 0.25) is 0 Å². The molecule has 0 saturated heterocycles. The number of esters is 1. The summed E-state index contributed by atoms with van der Waals surface area (Å²) in [6.45, 7) is 5.37. The third-order valence-electron chi connectivity index (χ3n) is 5.35. The van der Waals surface area contributed by atoms with Crippen LogP contribution in [0.25, 0.3) is 12.2 Å². The van der Waals surface area contributed by atoms with Gasteiger partial charge in [-0.3, -0.25) is 9.36 Å². The molecule has 34 heavy (non-hydrogen) atoms. The van der Waals surface area contributed by atoms with Crippen molar-refractivity contribution in [1.29, 1.82) is 0 Å². The Hall–Kier alpha value is -3.71. The Balaban J connectivity index is 1.85. The number of thiazole rings is 1. The molecule has 3 aromatic rings. The molecule has 2 aromatic carbocycles. The van der Waals surface area contributed by atoms with E-state index in [0.717, 1.165) is 11.1 Å². The molecule has 4 rings (SSSR count). The number of methoxy groups -OCH3 is 1. The van der Waals surface area contributed by atoms with Crippen molar-refractivity contribution in [2.75, 3.05) is 7.11 Å². The van der Waals surface area contributed by atoms with E-state index in [1.165, 1.54) is 11.3 Å². The average molecular weight is 475 g/mol. The van der Waals surface area contributed by atoms with E-state index in [-0.39, 0.29) is 11.7 Å². The lowest BCUT2D eigenvalue weighted by molar-refractivity contribution is -0.143. The van der Waals surface area contributed by atoms with Gasteiger partial charge >= 0.3 is 5.97 Å². The highest BCUT2D eigenvalue weighted by Gasteiger charge is 2.33. The fourth-order valence-corrected chi connectivity index (χ4v) is 4.78. The summed E-state index contributed by atoms with van der Waals surface area (Å²) in [5, 5.41) is 0. The number of hydrogen-bond donors (Lipinski definition) is 0. The topological polar surface area (TPSA) is 69.9 Å².